The maximum absolute atomic E-state index is 10.9. The molecule has 0 atom stereocenters. The average Bonchev–Trinajstić information content (AvgIpc) is 2.66. The molecular formula is C15H44N6O7Si3. The van der Waals surface area contributed by atoms with Gasteiger partial charge in [0.15, 0.2) is 0 Å². The van der Waals surface area contributed by atoms with E-state index in [4.69, 9.17) is 25.4 Å². The summed E-state index contributed by atoms with van der Waals surface area (Å²) in [6.45, 7) is 4.70. The molecule has 0 saturated heterocycles. The van der Waals surface area contributed by atoms with E-state index >= 15 is 0 Å². The van der Waals surface area contributed by atoms with Crippen LogP contribution in [0.3, 0.4) is 0 Å². The van der Waals surface area contributed by atoms with Crippen molar-refractivity contribution in [2.75, 3.05) is 58.9 Å². The van der Waals surface area contributed by atoms with Crippen LogP contribution in [0.2, 0.25) is 18.1 Å². The van der Waals surface area contributed by atoms with Crippen LogP contribution in [-0.4, -0.2) is 109 Å². The zero-order valence-corrected chi connectivity index (χ0v) is 21.4. The van der Waals surface area contributed by atoms with Gasteiger partial charge < -0.3 is 65.4 Å². The second kappa shape index (κ2) is 17.6. The Hall–Kier alpha value is 0.131. The number of hydrogen-bond donors (Lipinski definition) is 11. The lowest BCUT2D eigenvalue weighted by Crippen LogP contribution is -2.60. The third-order valence-corrected chi connectivity index (χ3v) is 12.3. The Labute approximate surface area is 188 Å². The smallest absolute Gasteiger partial charge is 0.391 e. The normalized spacial score (nSPS) is 13.2. The molecule has 0 radical (unpaired) electrons. The third kappa shape index (κ3) is 18.3. The first-order chi connectivity index (χ1) is 14.6. The summed E-state index contributed by atoms with van der Waals surface area (Å²) in [6, 6.07) is -0.181. The largest absolute Gasteiger partial charge is 0.488 e. The van der Waals surface area contributed by atoms with E-state index in [0.29, 0.717) is 78.2 Å². The van der Waals surface area contributed by atoms with Crippen LogP contribution in [0.5, 0.6) is 0 Å². The molecule has 0 aromatic heterocycles. The molecule has 0 rings (SSSR count). The second-order valence-electron chi connectivity index (χ2n) is 7.33. The molecule has 0 saturated carbocycles. The lowest BCUT2D eigenvalue weighted by atomic mass is 10.5. The van der Waals surface area contributed by atoms with Gasteiger partial charge in [0, 0.05) is 57.4 Å². The van der Waals surface area contributed by atoms with E-state index in [1.54, 1.807) is 0 Å². The molecule has 0 spiro atoms. The highest BCUT2D eigenvalue weighted by Crippen LogP contribution is 2.23. The first kappa shape index (κ1) is 31.1. The molecule has 0 aliphatic carbocycles. The summed E-state index contributed by atoms with van der Waals surface area (Å²) in [7, 11) is -12.8. The van der Waals surface area contributed by atoms with Crippen LogP contribution < -0.4 is 33.2 Å². The quantitative estimate of drug-likeness (QED) is 0.0494. The van der Waals surface area contributed by atoms with E-state index in [1.807, 2.05) is 0 Å². The maximum atomic E-state index is 10.9. The fraction of sp³-hybridized carbons (Fsp3) is 1.00. The number of rotatable bonds is 22. The number of nitrogens with two attached hydrogens (primary N) is 3. The van der Waals surface area contributed by atoms with Gasteiger partial charge in [-0.1, -0.05) is 0 Å². The molecule has 0 amide bonds. The van der Waals surface area contributed by atoms with Crippen molar-refractivity contribution in [1.82, 2.24) is 16.0 Å². The lowest BCUT2D eigenvalue weighted by molar-refractivity contribution is 0.122. The number of nitrogens with one attached hydrogen (secondary N) is 3. The topological polar surface area (TPSA) is 234 Å². The van der Waals surface area contributed by atoms with Crippen LogP contribution in [0.4, 0.5) is 0 Å². The summed E-state index contributed by atoms with van der Waals surface area (Å²) in [4.78, 5) is 52.2. The van der Waals surface area contributed by atoms with Crippen molar-refractivity contribution in [1.29, 1.82) is 0 Å². The first-order valence-electron chi connectivity index (χ1n) is 10.8. The van der Waals surface area contributed by atoms with Gasteiger partial charge in [-0.3, -0.25) is 0 Å². The highest BCUT2D eigenvalue weighted by atomic mass is 28.5. The number of hydrogen-bond acceptors (Lipinski definition) is 13. The Kier molecular flexibility index (Phi) is 17.7. The Balaban J connectivity index is 4.84. The summed E-state index contributed by atoms with van der Waals surface area (Å²) in [5.41, 5.74) is 16.2. The second-order valence-corrected chi connectivity index (χ2v) is 14.9. The fourth-order valence-electron chi connectivity index (χ4n) is 2.74. The molecule has 31 heavy (non-hydrogen) atoms. The Morgan fingerprint density at radius 1 is 0.516 bits per heavy atom. The van der Waals surface area contributed by atoms with E-state index in [-0.39, 0.29) is 18.1 Å². The molecule has 0 aromatic rings. The summed E-state index contributed by atoms with van der Waals surface area (Å²) in [6.07, 6.45) is 1.18. The van der Waals surface area contributed by atoms with E-state index in [0.717, 1.165) is 0 Å². The van der Waals surface area contributed by atoms with Crippen LogP contribution >= 0.6 is 0 Å². The van der Waals surface area contributed by atoms with Gasteiger partial charge in [-0.25, -0.2) is 0 Å². The maximum Gasteiger partial charge on any atom is 0.488 e. The van der Waals surface area contributed by atoms with Crippen molar-refractivity contribution in [3.05, 3.63) is 0 Å². The summed E-state index contributed by atoms with van der Waals surface area (Å²) in [5, 5.41) is 9.12. The lowest BCUT2D eigenvalue weighted by Gasteiger charge is -2.33. The molecule has 0 heterocycles. The third-order valence-electron chi connectivity index (χ3n) is 4.17. The van der Waals surface area contributed by atoms with E-state index in [2.05, 4.69) is 16.0 Å². The predicted molar refractivity (Wildman–Crippen MR) is 125 cm³/mol. The van der Waals surface area contributed by atoms with Crippen molar-refractivity contribution in [3.63, 3.8) is 0 Å². The van der Waals surface area contributed by atoms with Crippen molar-refractivity contribution in [3.8, 4) is 0 Å². The molecular weight excluding hydrogens is 460 g/mol. The SMILES string of the molecule is NCCNCCC[Si](O)(O)O[Si](O)(CCCNCCN)O[Si](O)(O)CCCNCCN. The first-order valence-corrected chi connectivity index (χ1v) is 16.8. The Morgan fingerprint density at radius 2 is 0.839 bits per heavy atom. The molecule has 14 N–H and O–H groups in total. The van der Waals surface area contributed by atoms with Gasteiger partial charge in [0.05, 0.1) is 0 Å². The van der Waals surface area contributed by atoms with Crippen molar-refractivity contribution >= 4 is 26.4 Å². The van der Waals surface area contributed by atoms with Gasteiger partial charge in [-0.15, -0.1) is 0 Å². The van der Waals surface area contributed by atoms with Gasteiger partial charge in [0.1, 0.15) is 0 Å². The van der Waals surface area contributed by atoms with E-state index in [9.17, 15) is 24.0 Å². The molecule has 188 valence electrons. The standard InChI is InChI=1S/C15H44N6O7Si3/c16-4-10-19-7-1-13-29(22,23)27-31(26,15-3-9-21-12-6-18)28-30(24,25)14-2-8-20-11-5-17/h19-26H,1-18H2. The molecule has 0 bridgehead atoms. The van der Waals surface area contributed by atoms with Gasteiger partial charge in [-0.05, 0) is 38.9 Å². The van der Waals surface area contributed by atoms with Crippen molar-refractivity contribution < 1.29 is 32.2 Å². The molecule has 16 heteroatoms. The van der Waals surface area contributed by atoms with Crippen LogP contribution in [0.1, 0.15) is 19.3 Å². The highest BCUT2D eigenvalue weighted by molar-refractivity contribution is 6.78. The summed E-state index contributed by atoms with van der Waals surface area (Å²) < 4.78 is 10.6. The molecule has 13 nitrogen and oxygen atoms in total. The van der Waals surface area contributed by atoms with Crippen LogP contribution in [0.15, 0.2) is 0 Å². The predicted octanol–water partition coefficient (Wildman–Crippen LogP) is -4.39. The minimum Gasteiger partial charge on any atom is -0.391 e. The van der Waals surface area contributed by atoms with Crippen LogP contribution in [-0.2, 0) is 8.23 Å². The highest BCUT2D eigenvalue weighted by Gasteiger charge is 2.52. The molecule has 0 fully saturated rings. The molecule has 0 aliphatic rings. The zero-order valence-electron chi connectivity index (χ0n) is 18.4. The van der Waals surface area contributed by atoms with Gasteiger partial charge in [0.25, 0.3) is 0 Å². The van der Waals surface area contributed by atoms with Crippen molar-refractivity contribution in [2.24, 2.45) is 17.2 Å². The molecule has 0 unspecified atom stereocenters. The summed E-state index contributed by atoms with van der Waals surface area (Å²) in [5.74, 6) is 0. The molecule has 0 aromatic carbocycles. The minimum atomic E-state index is -4.27. The van der Waals surface area contributed by atoms with E-state index < -0.39 is 26.4 Å². The van der Waals surface area contributed by atoms with Gasteiger partial charge >= 0.3 is 26.4 Å². The monoisotopic (exact) mass is 504 g/mol. The van der Waals surface area contributed by atoms with Crippen LogP contribution in [0.25, 0.3) is 0 Å². The zero-order chi connectivity index (χ0) is 23.6. The van der Waals surface area contributed by atoms with Crippen LogP contribution in [0, 0.1) is 0 Å². The van der Waals surface area contributed by atoms with Gasteiger partial charge in [0.2, 0.25) is 0 Å². The van der Waals surface area contributed by atoms with Crippen molar-refractivity contribution in [2.45, 2.75) is 37.4 Å². The minimum absolute atomic E-state index is 0.0485. The average molecular weight is 505 g/mol. The Bertz CT molecular complexity index is 416. The Morgan fingerprint density at radius 3 is 1.16 bits per heavy atom. The fourth-order valence-corrected chi connectivity index (χ4v) is 10.9. The van der Waals surface area contributed by atoms with Gasteiger partial charge in [-0.2, -0.15) is 0 Å². The molecule has 0 aliphatic heterocycles. The summed E-state index contributed by atoms with van der Waals surface area (Å²) >= 11 is 0. The van der Waals surface area contributed by atoms with E-state index in [1.165, 1.54) is 0 Å².